The Bertz CT molecular complexity index is 1120. The summed E-state index contributed by atoms with van der Waals surface area (Å²) in [5.74, 6) is 2.11. The lowest BCUT2D eigenvalue weighted by Crippen LogP contribution is -2.47. The van der Waals surface area contributed by atoms with Gasteiger partial charge in [0.15, 0.2) is 11.5 Å². The Morgan fingerprint density at radius 3 is 1.74 bits per heavy atom. The Balaban J connectivity index is 1.34. The maximum atomic E-state index is 5.84. The van der Waals surface area contributed by atoms with Crippen LogP contribution in [0.3, 0.4) is 0 Å². The first-order valence-corrected chi connectivity index (χ1v) is 14.2. The Morgan fingerprint density at radius 2 is 1.23 bits per heavy atom. The summed E-state index contributed by atoms with van der Waals surface area (Å²) in [5.41, 5.74) is 3.74. The van der Waals surface area contributed by atoms with Gasteiger partial charge in [-0.05, 0) is 49.6 Å². The molecular weight excluding hydrogens is 484 g/mol. The predicted octanol–water partition coefficient (Wildman–Crippen LogP) is 6.86. The van der Waals surface area contributed by atoms with Crippen molar-refractivity contribution in [2.24, 2.45) is 0 Å². The van der Waals surface area contributed by atoms with Crippen molar-refractivity contribution in [2.45, 2.75) is 26.8 Å². The van der Waals surface area contributed by atoms with E-state index >= 15 is 0 Å². The molecule has 3 aromatic rings. The van der Waals surface area contributed by atoms with E-state index in [4.69, 9.17) is 14.2 Å². The van der Waals surface area contributed by atoms with Crippen molar-refractivity contribution in [1.82, 2.24) is 9.80 Å². The number of hydrogen-bond donors (Lipinski definition) is 0. The summed E-state index contributed by atoms with van der Waals surface area (Å²) in [4.78, 5) is 5.13. The quantitative estimate of drug-likeness (QED) is 0.227. The highest BCUT2D eigenvalue weighted by Crippen LogP contribution is 2.39. The Kier molecular flexibility index (Phi) is 11.1. The second-order valence-corrected chi connectivity index (χ2v) is 9.49. The van der Waals surface area contributed by atoms with Crippen LogP contribution in [0.25, 0.3) is 6.08 Å². The second-order valence-electron chi connectivity index (χ2n) is 9.49. The summed E-state index contributed by atoms with van der Waals surface area (Å²) in [6.07, 6.45) is 8.53. The molecule has 0 atom stereocenters. The molecule has 1 heterocycles. The highest BCUT2D eigenvalue weighted by atomic mass is 16.5. The van der Waals surface area contributed by atoms with Gasteiger partial charge >= 0.3 is 0 Å². The Labute approximate surface area is 234 Å². The van der Waals surface area contributed by atoms with E-state index in [1.165, 1.54) is 11.1 Å². The predicted molar refractivity (Wildman–Crippen MR) is 161 cm³/mol. The lowest BCUT2D eigenvalue weighted by Gasteiger charge is -2.39. The number of benzene rings is 3. The van der Waals surface area contributed by atoms with E-state index in [0.29, 0.717) is 31.6 Å². The molecule has 4 rings (SSSR count). The highest BCUT2D eigenvalue weighted by molar-refractivity contribution is 5.62. The highest BCUT2D eigenvalue weighted by Gasteiger charge is 2.25. The van der Waals surface area contributed by atoms with Crippen LogP contribution in [-0.2, 0) is 0 Å². The van der Waals surface area contributed by atoms with Gasteiger partial charge in [-0.3, -0.25) is 9.80 Å². The molecule has 0 radical (unpaired) electrons. The maximum Gasteiger partial charge on any atom is 0.203 e. The smallest absolute Gasteiger partial charge is 0.203 e. The van der Waals surface area contributed by atoms with E-state index < -0.39 is 0 Å². The molecule has 0 saturated carbocycles. The summed E-state index contributed by atoms with van der Waals surface area (Å²) >= 11 is 0. The zero-order valence-electron chi connectivity index (χ0n) is 23.6. The van der Waals surface area contributed by atoms with Gasteiger partial charge in [-0.1, -0.05) is 85.0 Å². The van der Waals surface area contributed by atoms with Gasteiger partial charge in [0.1, 0.15) is 0 Å². The molecule has 5 heteroatoms. The van der Waals surface area contributed by atoms with Crippen LogP contribution < -0.4 is 14.2 Å². The van der Waals surface area contributed by atoms with Crippen molar-refractivity contribution in [3.05, 3.63) is 108 Å². The minimum absolute atomic E-state index is 0.297. The van der Waals surface area contributed by atoms with Gasteiger partial charge in [-0.2, -0.15) is 0 Å². The molecule has 0 spiro atoms. The monoisotopic (exact) mass is 526 g/mol. The number of rotatable bonds is 13. The first kappa shape index (κ1) is 28.5. The van der Waals surface area contributed by atoms with Crippen LogP contribution >= 0.6 is 0 Å². The van der Waals surface area contributed by atoms with Gasteiger partial charge < -0.3 is 14.2 Å². The van der Waals surface area contributed by atoms with Gasteiger partial charge in [0.05, 0.1) is 25.9 Å². The minimum atomic E-state index is 0.297. The van der Waals surface area contributed by atoms with E-state index in [9.17, 15) is 0 Å². The van der Waals surface area contributed by atoms with Crippen LogP contribution in [0.1, 0.15) is 43.5 Å². The molecule has 5 nitrogen and oxygen atoms in total. The van der Waals surface area contributed by atoms with Gasteiger partial charge in [-0.15, -0.1) is 0 Å². The third-order valence-corrected chi connectivity index (χ3v) is 6.83. The van der Waals surface area contributed by atoms with Crippen molar-refractivity contribution in [3.8, 4) is 17.2 Å². The molecule has 0 bridgehead atoms. The van der Waals surface area contributed by atoms with Crippen molar-refractivity contribution < 1.29 is 14.2 Å². The molecule has 0 N–H and O–H groups in total. The lowest BCUT2D eigenvalue weighted by atomic mass is 9.96. The summed E-state index contributed by atoms with van der Waals surface area (Å²) < 4.78 is 17.5. The molecule has 1 aliphatic rings. The van der Waals surface area contributed by atoms with E-state index in [2.05, 4.69) is 94.8 Å². The average Bonchev–Trinajstić information content (AvgIpc) is 2.97. The largest absolute Gasteiger partial charge is 0.490 e. The first-order valence-electron chi connectivity index (χ1n) is 14.2. The fourth-order valence-electron chi connectivity index (χ4n) is 5.05. The minimum Gasteiger partial charge on any atom is -0.490 e. The number of allylic oxidation sites excluding steroid dienone is 2. The topological polar surface area (TPSA) is 34.2 Å². The summed E-state index contributed by atoms with van der Waals surface area (Å²) in [5, 5.41) is 0. The molecule has 1 fully saturated rings. The third-order valence-electron chi connectivity index (χ3n) is 6.83. The standard InChI is InChI=1S/C34H42N2O3/c1-4-37-31-26-28(27-32(38-5-2)34(31)39-6-3)16-10-9-15-21-35-22-24-36(25-23-35)33(29-17-11-7-12-18-29)30-19-13-8-14-20-30/h7-20,26-27,33H,4-6,21-25H2,1-3H3. The van der Waals surface area contributed by atoms with Gasteiger partial charge in [0, 0.05) is 32.7 Å². The van der Waals surface area contributed by atoms with Crippen LogP contribution in [0.4, 0.5) is 0 Å². The summed E-state index contributed by atoms with van der Waals surface area (Å²) in [6.45, 7) is 12.8. The van der Waals surface area contributed by atoms with Gasteiger partial charge in [0.2, 0.25) is 5.75 Å². The molecule has 0 aliphatic carbocycles. The van der Waals surface area contributed by atoms with Crippen LogP contribution in [0, 0.1) is 0 Å². The summed E-state index contributed by atoms with van der Waals surface area (Å²) in [7, 11) is 0. The third kappa shape index (κ3) is 7.98. The molecule has 1 aliphatic heterocycles. The molecule has 3 aromatic carbocycles. The van der Waals surface area contributed by atoms with E-state index in [0.717, 1.165) is 49.8 Å². The number of ether oxygens (including phenoxy) is 3. The molecular formula is C34H42N2O3. The van der Waals surface area contributed by atoms with E-state index in [-0.39, 0.29) is 0 Å². The average molecular weight is 527 g/mol. The SMILES string of the molecule is CCOc1cc(C=CC=CCN2CCN(C(c3ccccc3)c3ccccc3)CC2)cc(OCC)c1OCC. The fourth-order valence-corrected chi connectivity index (χ4v) is 5.05. The second kappa shape index (κ2) is 15.2. The Morgan fingerprint density at radius 1 is 0.692 bits per heavy atom. The van der Waals surface area contributed by atoms with Gasteiger partial charge in [0.25, 0.3) is 0 Å². The Hall–Kier alpha value is -3.54. The first-order chi connectivity index (χ1) is 19.2. The molecule has 206 valence electrons. The number of piperazine rings is 1. The fraction of sp³-hybridized carbons (Fsp3) is 0.353. The zero-order valence-corrected chi connectivity index (χ0v) is 23.6. The van der Waals surface area contributed by atoms with Crippen LogP contribution in [0.2, 0.25) is 0 Å². The maximum absolute atomic E-state index is 5.84. The summed E-state index contributed by atoms with van der Waals surface area (Å²) in [6, 6.07) is 26.1. The number of nitrogens with zero attached hydrogens (tertiary/aromatic N) is 2. The molecule has 0 unspecified atom stereocenters. The van der Waals surface area contributed by atoms with Crippen LogP contribution in [0.5, 0.6) is 17.2 Å². The van der Waals surface area contributed by atoms with Crippen molar-refractivity contribution in [3.63, 3.8) is 0 Å². The zero-order chi connectivity index (χ0) is 27.3. The van der Waals surface area contributed by atoms with Crippen molar-refractivity contribution >= 4 is 6.08 Å². The molecule has 1 saturated heterocycles. The lowest BCUT2D eigenvalue weighted by molar-refractivity contribution is 0.117. The molecule has 39 heavy (non-hydrogen) atoms. The van der Waals surface area contributed by atoms with Crippen molar-refractivity contribution in [1.29, 1.82) is 0 Å². The van der Waals surface area contributed by atoms with Gasteiger partial charge in [-0.25, -0.2) is 0 Å². The van der Waals surface area contributed by atoms with E-state index in [1.807, 2.05) is 32.9 Å². The van der Waals surface area contributed by atoms with Crippen LogP contribution in [-0.4, -0.2) is 62.3 Å². The van der Waals surface area contributed by atoms with E-state index in [1.54, 1.807) is 0 Å². The molecule has 0 amide bonds. The molecule has 0 aromatic heterocycles. The number of hydrogen-bond acceptors (Lipinski definition) is 5. The van der Waals surface area contributed by atoms with Crippen LogP contribution in [0.15, 0.2) is 91.0 Å². The normalized spacial score (nSPS) is 14.9. The van der Waals surface area contributed by atoms with Crippen molar-refractivity contribution in [2.75, 3.05) is 52.5 Å².